The standard InChI is InChI=1S/C13H24FNO3/c1-13(2,3)18-12(17)15-7-5-10(4-6-14)11(8-15)9-16/h10-11,16H,4-9H2,1-3H3. The number of carbonyl (C=O) groups is 1. The minimum atomic E-state index is -0.512. The lowest BCUT2D eigenvalue weighted by Gasteiger charge is -2.38. The van der Waals surface area contributed by atoms with Crippen LogP contribution in [0.1, 0.15) is 33.6 Å². The highest BCUT2D eigenvalue weighted by molar-refractivity contribution is 5.68. The third-order valence-electron chi connectivity index (χ3n) is 3.26. The average molecular weight is 261 g/mol. The molecule has 4 nitrogen and oxygen atoms in total. The van der Waals surface area contributed by atoms with Gasteiger partial charge in [0.25, 0.3) is 0 Å². The lowest BCUT2D eigenvalue weighted by molar-refractivity contribution is 0.00267. The predicted octanol–water partition coefficient (Wildman–Crippen LogP) is 2.21. The molecule has 0 aliphatic carbocycles. The molecule has 0 aromatic carbocycles. The molecular weight excluding hydrogens is 237 g/mol. The molecule has 1 saturated heterocycles. The van der Waals surface area contributed by atoms with Crippen molar-refractivity contribution in [1.82, 2.24) is 4.90 Å². The van der Waals surface area contributed by atoms with Crippen LogP contribution in [0.4, 0.5) is 9.18 Å². The van der Waals surface area contributed by atoms with E-state index in [-0.39, 0.29) is 31.2 Å². The summed E-state index contributed by atoms with van der Waals surface area (Å²) in [5.41, 5.74) is -0.512. The minimum Gasteiger partial charge on any atom is -0.444 e. The van der Waals surface area contributed by atoms with Gasteiger partial charge in [-0.1, -0.05) is 0 Å². The second kappa shape index (κ2) is 6.36. The van der Waals surface area contributed by atoms with E-state index in [2.05, 4.69) is 0 Å². The molecule has 1 heterocycles. The van der Waals surface area contributed by atoms with Gasteiger partial charge in [-0.15, -0.1) is 0 Å². The van der Waals surface area contributed by atoms with Crippen LogP contribution in [0, 0.1) is 11.8 Å². The maximum Gasteiger partial charge on any atom is 0.410 e. The Kier molecular flexibility index (Phi) is 5.38. The fraction of sp³-hybridized carbons (Fsp3) is 0.923. The summed E-state index contributed by atoms with van der Waals surface area (Å²) in [6.07, 6.45) is 0.849. The number of likely N-dealkylation sites (tertiary alicyclic amines) is 1. The van der Waals surface area contributed by atoms with E-state index in [1.165, 1.54) is 0 Å². The fourth-order valence-electron chi connectivity index (χ4n) is 2.30. The maximum absolute atomic E-state index is 12.4. The van der Waals surface area contributed by atoms with Crippen LogP contribution < -0.4 is 0 Å². The van der Waals surface area contributed by atoms with Crippen LogP contribution in [0.2, 0.25) is 0 Å². The molecule has 1 amide bonds. The van der Waals surface area contributed by atoms with E-state index < -0.39 is 5.60 Å². The van der Waals surface area contributed by atoms with Crippen LogP contribution >= 0.6 is 0 Å². The molecule has 1 fully saturated rings. The van der Waals surface area contributed by atoms with Gasteiger partial charge in [0, 0.05) is 25.6 Å². The first-order valence-corrected chi connectivity index (χ1v) is 6.52. The van der Waals surface area contributed by atoms with Gasteiger partial charge in [-0.3, -0.25) is 4.39 Å². The quantitative estimate of drug-likeness (QED) is 0.847. The molecule has 0 aromatic rings. The number of carbonyl (C=O) groups excluding carboxylic acids is 1. The molecule has 2 atom stereocenters. The average Bonchev–Trinajstić information content (AvgIpc) is 2.27. The van der Waals surface area contributed by atoms with Crippen molar-refractivity contribution in [2.75, 3.05) is 26.4 Å². The van der Waals surface area contributed by atoms with E-state index in [0.29, 0.717) is 19.5 Å². The van der Waals surface area contributed by atoms with Crippen LogP contribution in [0.15, 0.2) is 0 Å². The number of aliphatic hydroxyl groups is 1. The minimum absolute atomic E-state index is 0.00996. The maximum atomic E-state index is 12.4. The van der Waals surface area contributed by atoms with E-state index >= 15 is 0 Å². The van der Waals surface area contributed by atoms with Crippen molar-refractivity contribution in [3.05, 3.63) is 0 Å². The molecule has 0 aromatic heterocycles. The van der Waals surface area contributed by atoms with Crippen molar-refractivity contribution in [1.29, 1.82) is 0 Å². The number of ether oxygens (including phenoxy) is 1. The molecule has 1 aliphatic heterocycles. The number of rotatable bonds is 3. The number of amides is 1. The molecule has 0 saturated carbocycles. The second-order valence-corrected chi connectivity index (χ2v) is 5.90. The summed E-state index contributed by atoms with van der Waals surface area (Å²) in [5, 5.41) is 9.32. The SMILES string of the molecule is CC(C)(C)OC(=O)N1CCC(CCF)C(CO)C1. The Morgan fingerprint density at radius 2 is 2.11 bits per heavy atom. The summed E-state index contributed by atoms with van der Waals surface area (Å²) in [4.78, 5) is 13.5. The lowest BCUT2D eigenvalue weighted by Crippen LogP contribution is -2.46. The smallest absolute Gasteiger partial charge is 0.410 e. The van der Waals surface area contributed by atoms with Crippen LogP contribution in [0.3, 0.4) is 0 Å². The zero-order valence-electron chi connectivity index (χ0n) is 11.5. The Morgan fingerprint density at radius 3 is 2.61 bits per heavy atom. The fourth-order valence-corrected chi connectivity index (χ4v) is 2.30. The van der Waals surface area contributed by atoms with E-state index in [0.717, 1.165) is 6.42 Å². The third-order valence-corrected chi connectivity index (χ3v) is 3.26. The summed E-state index contributed by atoms with van der Waals surface area (Å²) in [6.45, 7) is 6.13. The molecule has 0 radical (unpaired) electrons. The Bertz CT molecular complexity index is 278. The summed E-state index contributed by atoms with van der Waals surface area (Å²) in [6, 6.07) is 0. The van der Waals surface area contributed by atoms with Gasteiger partial charge < -0.3 is 14.7 Å². The van der Waals surface area contributed by atoms with Gasteiger partial charge in [-0.25, -0.2) is 4.79 Å². The van der Waals surface area contributed by atoms with E-state index in [1.807, 2.05) is 20.8 Å². The van der Waals surface area contributed by atoms with E-state index in [4.69, 9.17) is 4.74 Å². The Balaban J connectivity index is 2.54. The summed E-state index contributed by atoms with van der Waals surface area (Å²) in [5.74, 6) is 0.126. The van der Waals surface area contributed by atoms with Crippen molar-refractivity contribution >= 4 is 6.09 Å². The van der Waals surface area contributed by atoms with Crippen molar-refractivity contribution in [3.63, 3.8) is 0 Å². The van der Waals surface area contributed by atoms with Crippen LogP contribution in [0.5, 0.6) is 0 Å². The molecule has 1 aliphatic rings. The van der Waals surface area contributed by atoms with Gasteiger partial charge in [0.2, 0.25) is 0 Å². The van der Waals surface area contributed by atoms with E-state index in [1.54, 1.807) is 4.90 Å². The molecule has 106 valence electrons. The third kappa shape index (κ3) is 4.44. The largest absolute Gasteiger partial charge is 0.444 e. The Morgan fingerprint density at radius 1 is 1.44 bits per heavy atom. The first-order valence-electron chi connectivity index (χ1n) is 6.52. The number of piperidine rings is 1. The normalized spacial score (nSPS) is 25.1. The first kappa shape index (κ1) is 15.2. The van der Waals surface area contributed by atoms with Gasteiger partial charge in [-0.05, 0) is 39.5 Å². The number of halogens is 1. The summed E-state index contributed by atoms with van der Waals surface area (Å²) in [7, 11) is 0. The molecule has 0 spiro atoms. The molecule has 5 heteroatoms. The zero-order chi connectivity index (χ0) is 13.8. The summed E-state index contributed by atoms with van der Waals surface area (Å²) >= 11 is 0. The number of hydrogen-bond donors (Lipinski definition) is 1. The van der Waals surface area contributed by atoms with Gasteiger partial charge >= 0.3 is 6.09 Å². The summed E-state index contributed by atoms with van der Waals surface area (Å²) < 4.78 is 17.7. The van der Waals surface area contributed by atoms with Crippen molar-refractivity contribution in [2.24, 2.45) is 11.8 Å². The Hall–Kier alpha value is -0.840. The van der Waals surface area contributed by atoms with Gasteiger partial charge in [0.15, 0.2) is 0 Å². The molecule has 0 bridgehead atoms. The van der Waals surface area contributed by atoms with E-state index in [9.17, 15) is 14.3 Å². The molecule has 1 N–H and O–H groups in total. The molecule has 2 unspecified atom stereocenters. The second-order valence-electron chi connectivity index (χ2n) is 5.90. The number of alkyl halides is 1. The van der Waals surface area contributed by atoms with Gasteiger partial charge in [-0.2, -0.15) is 0 Å². The highest BCUT2D eigenvalue weighted by Gasteiger charge is 2.32. The predicted molar refractivity (Wildman–Crippen MR) is 67.1 cm³/mol. The highest BCUT2D eigenvalue weighted by Crippen LogP contribution is 2.27. The van der Waals surface area contributed by atoms with Gasteiger partial charge in [0.05, 0.1) is 6.67 Å². The molecule has 1 rings (SSSR count). The topological polar surface area (TPSA) is 49.8 Å². The number of aliphatic hydroxyl groups excluding tert-OH is 1. The highest BCUT2D eigenvalue weighted by atomic mass is 19.1. The lowest BCUT2D eigenvalue weighted by atomic mass is 9.84. The number of hydrogen-bond acceptors (Lipinski definition) is 3. The van der Waals surface area contributed by atoms with Crippen LogP contribution in [-0.2, 0) is 4.74 Å². The van der Waals surface area contributed by atoms with Gasteiger partial charge in [0.1, 0.15) is 5.60 Å². The van der Waals surface area contributed by atoms with Crippen molar-refractivity contribution in [2.45, 2.75) is 39.2 Å². The zero-order valence-corrected chi connectivity index (χ0v) is 11.5. The molecular formula is C13H24FNO3. The Labute approximate surface area is 108 Å². The van der Waals surface area contributed by atoms with Crippen LogP contribution in [-0.4, -0.2) is 48.1 Å². The monoisotopic (exact) mass is 261 g/mol. The van der Waals surface area contributed by atoms with Crippen LogP contribution in [0.25, 0.3) is 0 Å². The molecule has 18 heavy (non-hydrogen) atoms. The first-order chi connectivity index (χ1) is 8.37. The number of nitrogens with zero attached hydrogens (tertiary/aromatic N) is 1. The van der Waals surface area contributed by atoms with Crippen molar-refractivity contribution in [3.8, 4) is 0 Å². The van der Waals surface area contributed by atoms with Crippen molar-refractivity contribution < 1.29 is 19.0 Å².